The zero-order chi connectivity index (χ0) is 15.8. The molecule has 0 saturated carbocycles. The summed E-state index contributed by atoms with van der Waals surface area (Å²) in [4.78, 5) is 16.8. The molecule has 2 aliphatic rings. The summed E-state index contributed by atoms with van der Waals surface area (Å²) in [5.74, 6) is 0. The van der Waals surface area contributed by atoms with Gasteiger partial charge >= 0.3 is 6.03 Å². The van der Waals surface area contributed by atoms with Crippen LogP contribution in [0.4, 0.5) is 4.79 Å². The molecule has 0 bridgehead atoms. The van der Waals surface area contributed by atoms with Gasteiger partial charge in [0.05, 0.1) is 19.8 Å². The molecule has 0 atom stereocenters. The van der Waals surface area contributed by atoms with Crippen LogP contribution in [0.15, 0.2) is 0 Å². The minimum Gasteiger partial charge on any atom is -0.383 e. The lowest BCUT2D eigenvalue weighted by Crippen LogP contribution is -2.63. The number of piperidine rings is 1. The summed E-state index contributed by atoms with van der Waals surface area (Å²) in [6.07, 6.45) is 2.17. The summed E-state index contributed by atoms with van der Waals surface area (Å²) in [7, 11) is 3.79. The number of rotatable bonds is 6. The highest BCUT2D eigenvalue weighted by Gasteiger charge is 2.40. The van der Waals surface area contributed by atoms with E-state index >= 15 is 0 Å². The minimum absolute atomic E-state index is 0.0644. The van der Waals surface area contributed by atoms with Crippen molar-refractivity contribution in [1.29, 1.82) is 0 Å². The van der Waals surface area contributed by atoms with E-state index < -0.39 is 0 Å². The topological polar surface area (TPSA) is 66.1 Å². The van der Waals surface area contributed by atoms with Crippen LogP contribution in [0.3, 0.4) is 0 Å². The maximum absolute atomic E-state index is 11.9. The first-order valence-electron chi connectivity index (χ1n) is 8.18. The molecule has 2 aliphatic heterocycles. The van der Waals surface area contributed by atoms with Crippen LogP contribution in [-0.4, -0.2) is 94.6 Å². The van der Waals surface area contributed by atoms with Crippen molar-refractivity contribution in [3.63, 3.8) is 0 Å². The third kappa shape index (κ3) is 4.81. The van der Waals surface area contributed by atoms with E-state index in [9.17, 15) is 4.79 Å². The van der Waals surface area contributed by atoms with Gasteiger partial charge in [0.2, 0.25) is 0 Å². The van der Waals surface area contributed by atoms with Crippen molar-refractivity contribution in [3.8, 4) is 0 Å². The number of methoxy groups -OCH3 is 1. The lowest BCUT2D eigenvalue weighted by atomic mass is 9.85. The van der Waals surface area contributed by atoms with Crippen molar-refractivity contribution < 1.29 is 14.3 Å². The van der Waals surface area contributed by atoms with Gasteiger partial charge in [-0.3, -0.25) is 4.90 Å². The molecule has 128 valence electrons. The largest absolute Gasteiger partial charge is 0.383 e. The number of nitrogens with one attached hydrogen (secondary N) is 2. The molecule has 0 aromatic carbocycles. The van der Waals surface area contributed by atoms with Crippen molar-refractivity contribution in [2.75, 3.05) is 73.2 Å². The number of nitrogens with zero attached hydrogens (tertiary/aromatic N) is 2. The van der Waals surface area contributed by atoms with E-state index in [1.165, 1.54) is 0 Å². The maximum Gasteiger partial charge on any atom is 0.314 e. The molecule has 0 radical (unpaired) electrons. The Morgan fingerprint density at radius 1 is 1.18 bits per heavy atom. The Morgan fingerprint density at radius 3 is 2.50 bits per heavy atom. The zero-order valence-electron chi connectivity index (χ0n) is 13.9. The van der Waals surface area contributed by atoms with Gasteiger partial charge in [-0.1, -0.05) is 0 Å². The van der Waals surface area contributed by atoms with E-state index in [-0.39, 0.29) is 11.6 Å². The van der Waals surface area contributed by atoms with Gasteiger partial charge in [-0.2, -0.15) is 0 Å². The number of hydrogen-bond acceptors (Lipinski definition) is 5. The maximum atomic E-state index is 11.9. The lowest BCUT2D eigenvalue weighted by Gasteiger charge is -2.49. The third-order valence-corrected chi connectivity index (χ3v) is 4.77. The predicted octanol–water partition coefficient (Wildman–Crippen LogP) is -0.271. The summed E-state index contributed by atoms with van der Waals surface area (Å²) >= 11 is 0. The molecule has 2 N–H and O–H groups in total. The van der Waals surface area contributed by atoms with Crippen LogP contribution in [0.5, 0.6) is 0 Å². The standard InChI is InChI=1S/C15H30N4O3/c1-18-6-3-15(4-7-18,19-8-11-22-12-9-19)13-17-14(20)16-5-10-21-2/h3-13H2,1-2H3,(H2,16,17,20). The lowest BCUT2D eigenvalue weighted by molar-refractivity contribution is -0.0435. The van der Waals surface area contributed by atoms with Crippen LogP contribution >= 0.6 is 0 Å². The average molecular weight is 314 g/mol. The molecule has 0 spiro atoms. The fraction of sp³-hybridized carbons (Fsp3) is 0.933. The molecule has 0 aromatic heterocycles. The summed E-state index contributed by atoms with van der Waals surface area (Å²) < 4.78 is 10.4. The quantitative estimate of drug-likeness (QED) is 0.661. The molecular formula is C15H30N4O3. The molecule has 0 unspecified atom stereocenters. The summed E-state index contributed by atoms with van der Waals surface area (Å²) in [6, 6.07) is -0.108. The van der Waals surface area contributed by atoms with Gasteiger partial charge in [0.25, 0.3) is 0 Å². The number of hydrogen-bond donors (Lipinski definition) is 2. The van der Waals surface area contributed by atoms with Gasteiger partial charge in [0, 0.05) is 38.8 Å². The zero-order valence-corrected chi connectivity index (χ0v) is 13.9. The van der Waals surface area contributed by atoms with E-state index in [0.29, 0.717) is 19.7 Å². The smallest absolute Gasteiger partial charge is 0.314 e. The van der Waals surface area contributed by atoms with Crippen LogP contribution in [0, 0.1) is 0 Å². The van der Waals surface area contributed by atoms with Crippen molar-refractivity contribution >= 4 is 6.03 Å². The van der Waals surface area contributed by atoms with Gasteiger partial charge in [-0.15, -0.1) is 0 Å². The van der Waals surface area contributed by atoms with Gasteiger partial charge in [0.15, 0.2) is 0 Å². The number of ether oxygens (including phenoxy) is 2. The molecule has 0 aromatic rings. The van der Waals surface area contributed by atoms with E-state index in [4.69, 9.17) is 9.47 Å². The third-order valence-electron chi connectivity index (χ3n) is 4.77. The second-order valence-electron chi connectivity index (χ2n) is 6.23. The number of amides is 2. The molecule has 7 heteroatoms. The Hall–Kier alpha value is -0.890. The van der Waals surface area contributed by atoms with Crippen molar-refractivity contribution in [2.24, 2.45) is 0 Å². The van der Waals surface area contributed by atoms with Crippen molar-refractivity contribution in [3.05, 3.63) is 0 Å². The molecule has 2 amide bonds. The Balaban J connectivity index is 1.88. The first kappa shape index (κ1) is 17.5. The van der Waals surface area contributed by atoms with E-state index in [2.05, 4.69) is 27.5 Å². The first-order chi connectivity index (χ1) is 10.7. The van der Waals surface area contributed by atoms with E-state index in [1.54, 1.807) is 7.11 Å². The van der Waals surface area contributed by atoms with Crippen LogP contribution in [-0.2, 0) is 9.47 Å². The van der Waals surface area contributed by atoms with Gasteiger partial charge < -0.3 is 25.0 Å². The molecule has 2 heterocycles. The van der Waals surface area contributed by atoms with E-state index in [0.717, 1.165) is 52.2 Å². The van der Waals surface area contributed by atoms with Crippen molar-refractivity contribution in [1.82, 2.24) is 20.4 Å². The fourth-order valence-corrected chi connectivity index (χ4v) is 3.25. The second kappa shape index (κ2) is 8.67. The van der Waals surface area contributed by atoms with Crippen LogP contribution in [0.1, 0.15) is 12.8 Å². The Bertz CT molecular complexity index is 340. The van der Waals surface area contributed by atoms with Gasteiger partial charge in [0.1, 0.15) is 0 Å². The molecule has 2 rings (SSSR count). The number of carbonyl (C=O) groups excluding carboxylic acids is 1. The van der Waals surface area contributed by atoms with Crippen molar-refractivity contribution in [2.45, 2.75) is 18.4 Å². The van der Waals surface area contributed by atoms with Gasteiger partial charge in [-0.05, 0) is 33.0 Å². The predicted molar refractivity (Wildman–Crippen MR) is 85.1 cm³/mol. The minimum atomic E-state index is -0.108. The van der Waals surface area contributed by atoms with Crippen LogP contribution < -0.4 is 10.6 Å². The summed E-state index contributed by atoms with van der Waals surface area (Å²) in [5.41, 5.74) is 0.0644. The summed E-state index contributed by atoms with van der Waals surface area (Å²) in [6.45, 7) is 7.40. The first-order valence-corrected chi connectivity index (χ1v) is 8.18. The Labute approximate surface area is 133 Å². The highest BCUT2D eigenvalue weighted by Crippen LogP contribution is 2.28. The molecule has 7 nitrogen and oxygen atoms in total. The summed E-state index contributed by atoms with van der Waals surface area (Å²) in [5, 5.41) is 5.88. The SMILES string of the molecule is COCCNC(=O)NCC1(N2CCOCC2)CCN(C)CC1. The molecule has 22 heavy (non-hydrogen) atoms. The molecular weight excluding hydrogens is 284 g/mol. The molecule has 0 aliphatic carbocycles. The van der Waals surface area contributed by atoms with Crippen LogP contribution in [0.2, 0.25) is 0 Å². The fourth-order valence-electron chi connectivity index (χ4n) is 3.25. The van der Waals surface area contributed by atoms with Crippen LogP contribution in [0.25, 0.3) is 0 Å². The second-order valence-corrected chi connectivity index (χ2v) is 6.23. The van der Waals surface area contributed by atoms with Gasteiger partial charge in [-0.25, -0.2) is 4.79 Å². The van der Waals surface area contributed by atoms with E-state index in [1.807, 2.05) is 0 Å². The number of urea groups is 1. The average Bonchev–Trinajstić information content (AvgIpc) is 2.56. The number of likely N-dealkylation sites (tertiary alicyclic amines) is 1. The highest BCUT2D eigenvalue weighted by atomic mass is 16.5. The number of morpholine rings is 1. The highest BCUT2D eigenvalue weighted by molar-refractivity contribution is 5.73. The Kier molecular flexibility index (Phi) is 6.88. The monoisotopic (exact) mass is 314 g/mol. The molecule has 2 fully saturated rings. The molecule has 2 saturated heterocycles. The normalized spacial score (nSPS) is 23.2. The number of carbonyl (C=O) groups is 1. The Morgan fingerprint density at radius 2 is 1.86 bits per heavy atom.